The van der Waals surface area contributed by atoms with Crippen molar-refractivity contribution in [2.45, 2.75) is 51.9 Å². The summed E-state index contributed by atoms with van der Waals surface area (Å²) in [5.41, 5.74) is 2.72. The van der Waals surface area contributed by atoms with Gasteiger partial charge in [-0.25, -0.2) is 4.39 Å². The fourth-order valence-electron chi connectivity index (χ4n) is 3.29. The number of hydrogen-bond donors (Lipinski definition) is 0. The van der Waals surface area contributed by atoms with Crippen molar-refractivity contribution in [3.05, 3.63) is 64.7 Å². The van der Waals surface area contributed by atoms with E-state index in [2.05, 4.69) is 31.2 Å². The molecule has 1 heterocycles. The minimum atomic E-state index is -0.928. The molecule has 0 aromatic heterocycles. The largest absolute Gasteiger partial charge is 0.491 e. The molecule has 5 heteroatoms. The summed E-state index contributed by atoms with van der Waals surface area (Å²) in [4.78, 5) is 0. The predicted octanol–water partition coefficient (Wildman–Crippen LogP) is 5.36. The molecule has 2 aromatic carbocycles. The molecule has 1 fully saturated rings. The van der Waals surface area contributed by atoms with Crippen LogP contribution < -0.4 is 4.74 Å². The predicted molar refractivity (Wildman–Crippen MR) is 99.9 cm³/mol. The Morgan fingerprint density at radius 3 is 2.33 bits per heavy atom. The van der Waals surface area contributed by atoms with E-state index in [0.29, 0.717) is 38.2 Å². The summed E-state index contributed by atoms with van der Waals surface area (Å²) in [5, 5.41) is 0. The molecule has 0 spiro atoms. The van der Waals surface area contributed by atoms with Gasteiger partial charge in [0.2, 0.25) is 5.82 Å². The van der Waals surface area contributed by atoms with E-state index in [1.807, 2.05) is 0 Å². The van der Waals surface area contributed by atoms with E-state index in [1.165, 1.54) is 11.6 Å². The van der Waals surface area contributed by atoms with Crippen LogP contribution in [0.5, 0.6) is 5.75 Å². The normalized spacial score (nSPS) is 19.9. The first-order valence-corrected chi connectivity index (χ1v) is 9.54. The van der Waals surface area contributed by atoms with Crippen molar-refractivity contribution in [2.75, 3.05) is 13.2 Å². The van der Waals surface area contributed by atoms with Crippen LogP contribution in [-0.2, 0) is 22.5 Å². The van der Waals surface area contributed by atoms with Crippen LogP contribution in [0.3, 0.4) is 0 Å². The highest BCUT2D eigenvalue weighted by Gasteiger charge is 2.27. The lowest BCUT2D eigenvalue weighted by molar-refractivity contribution is -0.173. The van der Waals surface area contributed by atoms with Crippen LogP contribution in [0.1, 0.15) is 49.3 Å². The maximum Gasteiger partial charge on any atom is 0.200 e. The summed E-state index contributed by atoms with van der Waals surface area (Å²) < 4.78 is 45.1. The molecule has 0 aliphatic carbocycles. The van der Waals surface area contributed by atoms with Crippen LogP contribution in [0, 0.1) is 11.6 Å². The third kappa shape index (κ3) is 4.85. The second-order valence-corrected chi connectivity index (χ2v) is 6.73. The molecular weight excluding hydrogens is 350 g/mol. The lowest BCUT2D eigenvalue weighted by Crippen LogP contribution is -2.27. The van der Waals surface area contributed by atoms with Crippen LogP contribution in [-0.4, -0.2) is 19.5 Å². The highest BCUT2D eigenvalue weighted by Crippen LogP contribution is 2.33. The number of hydrogen-bond acceptors (Lipinski definition) is 3. The van der Waals surface area contributed by atoms with Crippen LogP contribution in [0.15, 0.2) is 36.4 Å². The van der Waals surface area contributed by atoms with Gasteiger partial charge >= 0.3 is 0 Å². The first kappa shape index (κ1) is 19.8. The molecule has 0 saturated carbocycles. The van der Waals surface area contributed by atoms with Gasteiger partial charge in [0.25, 0.3) is 0 Å². The maximum absolute atomic E-state index is 14.4. The summed E-state index contributed by atoms with van der Waals surface area (Å²) in [7, 11) is 0. The van der Waals surface area contributed by atoms with Gasteiger partial charge in [-0.1, -0.05) is 37.3 Å². The Hall–Kier alpha value is -1.98. The summed E-state index contributed by atoms with van der Waals surface area (Å²) in [5.74, 6) is -2.00. The zero-order valence-corrected chi connectivity index (χ0v) is 15.8. The van der Waals surface area contributed by atoms with Gasteiger partial charge in [0.05, 0.1) is 19.8 Å². The van der Waals surface area contributed by atoms with Crippen molar-refractivity contribution in [2.24, 2.45) is 0 Å². The molecular formula is C22H26F2O3. The van der Waals surface area contributed by atoms with Crippen molar-refractivity contribution in [1.82, 2.24) is 0 Å². The molecule has 1 aliphatic rings. The van der Waals surface area contributed by atoms with Crippen molar-refractivity contribution in [3.63, 3.8) is 0 Å². The Balaban J connectivity index is 1.53. The van der Waals surface area contributed by atoms with E-state index in [0.717, 1.165) is 12.0 Å². The zero-order chi connectivity index (χ0) is 19.2. The molecule has 3 rings (SSSR count). The molecule has 0 N–H and O–H groups in total. The molecule has 0 amide bonds. The number of halogens is 2. The molecule has 2 unspecified atom stereocenters. The smallest absolute Gasteiger partial charge is 0.200 e. The summed E-state index contributed by atoms with van der Waals surface area (Å²) in [6.07, 6.45) is 2.02. The minimum absolute atomic E-state index is 0.0502. The van der Waals surface area contributed by atoms with Crippen molar-refractivity contribution < 1.29 is 23.0 Å². The Morgan fingerprint density at radius 2 is 1.70 bits per heavy atom. The highest BCUT2D eigenvalue weighted by atomic mass is 19.2. The Labute approximate surface area is 159 Å². The molecule has 27 heavy (non-hydrogen) atoms. The first-order valence-electron chi connectivity index (χ1n) is 9.54. The molecule has 146 valence electrons. The van der Waals surface area contributed by atoms with Gasteiger partial charge in [0.15, 0.2) is 17.9 Å². The van der Waals surface area contributed by atoms with E-state index in [9.17, 15) is 8.78 Å². The minimum Gasteiger partial charge on any atom is -0.491 e. The fourth-order valence-corrected chi connectivity index (χ4v) is 3.29. The Morgan fingerprint density at radius 1 is 0.963 bits per heavy atom. The van der Waals surface area contributed by atoms with Crippen molar-refractivity contribution in [3.8, 4) is 5.75 Å². The molecule has 0 bridgehead atoms. The quantitative estimate of drug-likeness (QED) is 0.651. The number of benzene rings is 2. The van der Waals surface area contributed by atoms with Crippen LogP contribution in [0.2, 0.25) is 0 Å². The monoisotopic (exact) mass is 376 g/mol. The fraction of sp³-hybridized carbons (Fsp3) is 0.455. The average Bonchev–Trinajstić information content (AvgIpc) is 2.71. The first-order chi connectivity index (χ1) is 13.1. The lowest BCUT2D eigenvalue weighted by Gasteiger charge is -2.29. The SMILES string of the molecule is CCOc1ccc(C2CCC(OCc3ccc(CC)cc3)OC2)c(F)c1F. The van der Waals surface area contributed by atoms with E-state index >= 15 is 0 Å². The van der Waals surface area contributed by atoms with Crippen LogP contribution >= 0.6 is 0 Å². The van der Waals surface area contributed by atoms with E-state index in [4.69, 9.17) is 14.2 Å². The molecule has 1 aliphatic heterocycles. The zero-order valence-electron chi connectivity index (χ0n) is 15.8. The Kier molecular flexibility index (Phi) is 6.80. The molecule has 3 nitrogen and oxygen atoms in total. The summed E-state index contributed by atoms with van der Waals surface area (Å²) in [6, 6.07) is 11.4. The van der Waals surface area contributed by atoms with Gasteiger partial charge in [-0.3, -0.25) is 0 Å². The van der Waals surface area contributed by atoms with Crippen LogP contribution in [0.4, 0.5) is 8.78 Å². The molecule has 1 saturated heterocycles. The van der Waals surface area contributed by atoms with Crippen LogP contribution in [0.25, 0.3) is 0 Å². The van der Waals surface area contributed by atoms with E-state index in [1.54, 1.807) is 13.0 Å². The highest BCUT2D eigenvalue weighted by molar-refractivity contribution is 5.33. The lowest BCUT2D eigenvalue weighted by atomic mass is 9.92. The van der Waals surface area contributed by atoms with Gasteiger partial charge in [-0.05, 0) is 48.9 Å². The van der Waals surface area contributed by atoms with Gasteiger partial charge in [0, 0.05) is 5.92 Å². The van der Waals surface area contributed by atoms with Gasteiger partial charge in [0.1, 0.15) is 0 Å². The Bertz CT molecular complexity index is 738. The number of rotatable bonds is 7. The molecule has 0 radical (unpaired) electrons. The van der Waals surface area contributed by atoms with Crippen molar-refractivity contribution >= 4 is 0 Å². The molecule has 2 atom stereocenters. The summed E-state index contributed by atoms with van der Waals surface area (Å²) >= 11 is 0. The standard InChI is InChI=1S/C22H26F2O3/c1-3-15-5-7-16(8-6-15)13-26-20-12-9-17(14-27-20)18-10-11-19(25-4-2)22(24)21(18)23/h5-8,10-11,17,20H,3-4,9,12-14H2,1-2H3. The second kappa shape index (κ2) is 9.29. The van der Waals surface area contributed by atoms with Crippen molar-refractivity contribution in [1.29, 1.82) is 0 Å². The number of aryl methyl sites for hydroxylation is 1. The van der Waals surface area contributed by atoms with E-state index < -0.39 is 11.6 Å². The van der Waals surface area contributed by atoms with Gasteiger partial charge in [-0.2, -0.15) is 4.39 Å². The second-order valence-electron chi connectivity index (χ2n) is 6.73. The van der Waals surface area contributed by atoms with Gasteiger partial charge < -0.3 is 14.2 Å². The van der Waals surface area contributed by atoms with Gasteiger partial charge in [-0.15, -0.1) is 0 Å². The van der Waals surface area contributed by atoms with E-state index in [-0.39, 0.29) is 18.0 Å². The topological polar surface area (TPSA) is 27.7 Å². The maximum atomic E-state index is 14.4. The summed E-state index contributed by atoms with van der Waals surface area (Å²) in [6.45, 7) is 4.94. The molecule has 2 aromatic rings. The average molecular weight is 376 g/mol. The number of ether oxygens (including phenoxy) is 3. The third-order valence-electron chi connectivity index (χ3n) is 4.92. The third-order valence-corrected chi connectivity index (χ3v) is 4.92.